The molecule has 0 radical (unpaired) electrons. The molecular formula is C16H17ClN2O3. The van der Waals surface area contributed by atoms with Crippen LogP contribution >= 0.6 is 11.6 Å². The number of rotatable bonds is 4. The minimum atomic E-state index is -0.254. The number of amides is 1. The maximum Gasteiger partial charge on any atom is 0.259 e. The van der Waals surface area contributed by atoms with Crippen molar-refractivity contribution in [2.45, 2.75) is 0 Å². The molecule has 0 fully saturated rings. The Morgan fingerprint density at radius 3 is 2.36 bits per heavy atom. The van der Waals surface area contributed by atoms with Gasteiger partial charge < -0.3 is 20.1 Å². The van der Waals surface area contributed by atoms with E-state index in [9.17, 15) is 4.79 Å². The van der Waals surface area contributed by atoms with Crippen LogP contribution in [-0.2, 0) is 0 Å². The Hall–Kier alpha value is -2.40. The second-order valence-corrected chi connectivity index (χ2v) is 5.02. The van der Waals surface area contributed by atoms with Crippen molar-refractivity contribution in [3.63, 3.8) is 0 Å². The SMILES string of the molecule is COc1cc(N(C)C(=O)c2ccccc2Cl)c(OC)cc1N. The Kier molecular flexibility index (Phi) is 4.78. The summed E-state index contributed by atoms with van der Waals surface area (Å²) in [7, 11) is 4.66. The Morgan fingerprint density at radius 2 is 1.77 bits per heavy atom. The van der Waals surface area contributed by atoms with Crippen LogP contribution in [-0.4, -0.2) is 27.2 Å². The van der Waals surface area contributed by atoms with Crippen LogP contribution in [0.2, 0.25) is 5.02 Å². The van der Waals surface area contributed by atoms with Gasteiger partial charge in [0.15, 0.2) is 0 Å². The fraction of sp³-hybridized carbons (Fsp3) is 0.188. The molecule has 5 nitrogen and oxygen atoms in total. The maximum absolute atomic E-state index is 12.6. The normalized spacial score (nSPS) is 10.2. The molecule has 2 aromatic carbocycles. The van der Waals surface area contributed by atoms with E-state index in [1.54, 1.807) is 43.4 Å². The molecule has 2 aromatic rings. The van der Waals surface area contributed by atoms with Crippen molar-refractivity contribution < 1.29 is 14.3 Å². The van der Waals surface area contributed by atoms with Crippen molar-refractivity contribution in [2.24, 2.45) is 0 Å². The molecule has 0 aliphatic carbocycles. The molecule has 0 saturated carbocycles. The van der Waals surface area contributed by atoms with Gasteiger partial charge in [-0.05, 0) is 12.1 Å². The van der Waals surface area contributed by atoms with Gasteiger partial charge in [-0.2, -0.15) is 0 Å². The van der Waals surface area contributed by atoms with Crippen LogP contribution in [0.25, 0.3) is 0 Å². The third kappa shape index (κ3) is 2.94. The summed E-state index contributed by atoms with van der Waals surface area (Å²) in [5, 5.41) is 0.390. The van der Waals surface area contributed by atoms with E-state index in [0.717, 1.165) is 0 Å². The fourth-order valence-corrected chi connectivity index (χ4v) is 2.31. The lowest BCUT2D eigenvalue weighted by Crippen LogP contribution is -2.27. The molecule has 0 aliphatic heterocycles. The standard InChI is InChI=1S/C16H17ClN2O3/c1-19(16(20)10-6-4-5-7-11(10)17)13-9-14(21-2)12(18)8-15(13)22-3/h4-9H,18H2,1-3H3. The van der Waals surface area contributed by atoms with Gasteiger partial charge in [0.1, 0.15) is 11.5 Å². The second kappa shape index (κ2) is 6.58. The van der Waals surface area contributed by atoms with E-state index in [2.05, 4.69) is 0 Å². The Balaban J connectivity index is 2.46. The van der Waals surface area contributed by atoms with Crippen molar-refractivity contribution in [3.05, 3.63) is 47.0 Å². The topological polar surface area (TPSA) is 64.8 Å². The molecule has 0 aliphatic rings. The number of methoxy groups -OCH3 is 2. The number of nitrogen functional groups attached to an aromatic ring is 1. The number of carbonyl (C=O) groups excluding carboxylic acids is 1. The number of halogens is 1. The van der Waals surface area contributed by atoms with Crippen molar-refractivity contribution in [1.29, 1.82) is 0 Å². The third-order valence-corrected chi connectivity index (χ3v) is 3.63. The number of ether oxygens (including phenoxy) is 2. The molecule has 0 heterocycles. The van der Waals surface area contributed by atoms with Crippen LogP contribution in [0.4, 0.5) is 11.4 Å². The number of hydrogen-bond acceptors (Lipinski definition) is 4. The zero-order valence-corrected chi connectivity index (χ0v) is 13.3. The van der Waals surface area contributed by atoms with Gasteiger partial charge in [0.05, 0.1) is 36.2 Å². The number of carbonyl (C=O) groups is 1. The smallest absolute Gasteiger partial charge is 0.259 e. The molecule has 0 spiro atoms. The first-order chi connectivity index (χ1) is 10.5. The molecule has 0 saturated heterocycles. The van der Waals surface area contributed by atoms with E-state index in [4.69, 9.17) is 26.8 Å². The summed E-state index contributed by atoms with van der Waals surface area (Å²) in [5.41, 5.74) is 7.24. The Morgan fingerprint density at radius 1 is 1.14 bits per heavy atom. The average Bonchev–Trinajstić information content (AvgIpc) is 2.53. The number of nitrogens with zero attached hydrogens (tertiary/aromatic N) is 1. The zero-order chi connectivity index (χ0) is 16.3. The van der Waals surface area contributed by atoms with Crippen molar-refractivity contribution in [3.8, 4) is 11.5 Å². The maximum atomic E-state index is 12.6. The van der Waals surface area contributed by atoms with Crippen LogP contribution in [0.1, 0.15) is 10.4 Å². The number of anilines is 2. The predicted molar refractivity (Wildman–Crippen MR) is 88.1 cm³/mol. The van der Waals surface area contributed by atoms with Crippen LogP contribution < -0.4 is 20.1 Å². The first kappa shape index (κ1) is 16.0. The summed E-state index contributed by atoms with van der Waals surface area (Å²) < 4.78 is 10.5. The molecule has 0 atom stereocenters. The molecule has 1 amide bonds. The lowest BCUT2D eigenvalue weighted by atomic mass is 10.1. The van der Waals surface area contributed by atoms with Crippen molar-refractivity contribution in [2.75, 3.05) is 31.9 Å². The second-order valence-electron chi connectivity index (χ2n) is 4.61. The predicted octanol–water partition coefficient (Wildman–Crippen LogP) is 3.22. The summed E-state index contributed by atoms with van der Waals surface area (Å²) in [5.74, 6) is 0.687. The fourth-order valence-electron chi connectivity index (χ4n) is 2.09. The minimum Gasteiger partial charge on any atom is -0.495 e. The van der Waals surface area contributed by atoms with Gasteiger partial charge in [-0.1, -0.05) is 23.7 Å². The highest BCUT2D eigenvalue weighted by atomic mass is 35.5. The summed E-state index contributed by atoms with van der Waals surface area (Å²) >= 11 is 6.08. The van der Waals surface area contributed by atoms with Crippen LogP contribution in [0, 0.1) is 0 Å². The number of nitrogens with two attached hydrogens (primary N) is 1. The first-order valence-corrected chi connectivity index (χ1v) is 6.91. The molecular weight excluding hydrogens is 304 g/mol. The average molecular weight is 321 g/mol. The molecule has 0 bridgehead atoms. The van der Waals surface area contributed by atoms with Crippen LogP contribution in [0.15, 0.2) is 36.4 Å². The van der Waals surface area contributed by atoms with Crippen molar-refractivity contribution >= 4 is 28.9 Å². The van der Waals surface area contributed by atoms with Gasteiger partial charge in [-0.3, -0.25) is 4.79 Å². The number of hydrogen-bond donors (Lipinski definition) is 1. The van der Waals surface area contributed by atoms with Crippen LogP contribution in [0.5, 0.6) is 11.5 Å². The molecule has 0 aromatic heterocycles. The summed E-state index contributed by atoms with van der Waals surface area (Å²) in [6.45, 7) is 0. The molecule has 2 N–H and O–H groups in total. The van der Waals surface area contributed by atoms with Gasteiger partial charge in [-0.15, -0.1) is 0 Å². The Bertz CT molecular complexity index is 704. The highest BCUT2D eigenvalue weighted by Crippen LogP contribution is 2.37. The monoisotopic (exact) mass is 320 g/mol. The van der Waals surface area contributed by atoms with E-state index in [0.29, 0.717) is 33.5 Å². The van der Waals surface area contributed by atoms with Gasteiger partial charge in [0.25, 0.3) is 5.91 Å². The molecule has 0 unspecified atom stereocenters. The van der Waals surface area contributed by atoms with Crippen molar-refractivity contribution in [1.82, 2.24) is 0 Å². The highest BCUT2D eigenvalue weighted by Gasteiger charge is 2.20. The summed E-state index contributed by atoms with van der Waals surface area (Å²) in [4.78, 5) is 14.1. The van der Waals surface area contributed by atoms with Gasteiger partial charge in [0.2, 0.25) is 0 Å². The Labute approximate surface area is 134 Å². The van der Waals surface area contributed by atoms with E-state index in [1.165, 1.54) is 19.1 Å². The molecule has 22 heavy (non-hydrogen) atoms. The minimum absolute atomic E-state index is 0.254. The lowest BCUT2D eigenvalue weighted by molar-refractivity contribution is 0.0992. The zero-order valence-electron chi connectivity index (χ0n) is 12.6. The third-order valence-electron chi connectivity index (χ3n) is 3.30. The van der Waals surface area contributed by atoms with E-state index >= 15 is 0 Å². The van der Waals surface area contributed by atoms with Gasteiger partial charge in [-0.25, -0.2) is 0 Å². The van der Waals surface area contributed by atoms with E-state index in [-0.39, 0.29) is 5.91 Å². The lowest BCUT2D eigenvalue weighted by Gasteiger charge is -2.22. The molecule has 6 heteroatoms. The number of benzene rings is 2. The van der Waals surface area contributed by atoms with Gasteiger partial charge in [0, 0.05) is 19.2 Å². The molecule has 2 rings (SSSR count). The van der Waals surface area contributed by atoms with E-state index in [1.807, 2.05) is 0 Å². The summed E-state index contributed by atoms with van der Waals surface area (Å²) in [6, 6.07) is 10.1. The highest BCUT2D eigenvalue weighted by molar-refractivity contribution is 6.34. The largest absolute Gasteiger partial charge is 0.495 e. The first-order valence-electron chi connectivity index (χ1n) is 6.53. The van der Waals surface area contributed by atoms with Crippen LogP contribution in [0.3, 0.4) is 0 Å². The molecule has 116 valence electrons. The quantitative estimate of drug-likeness (QED) is 0.878. The van der Waals surface area contributed by atoms with Gasteiger partial charge >= 0.3 is 0 Å². The summed E-state index contributed by atoms with van der Waals surface area (Å²) in [6.07, 6.45) is 0. The van der Waals surface area contributed by atoms with E-state index < -0.39 is 0 Å².